The van der Waals surface area contributed by atoms with E-state index in [1.54, 1.807) is 6.08 Å². The fourth-order valence-electron chi connectivity index (χ4n) is 2.17. The van der Waals surface area contributed by atoms with Crippen molar-refractivity contribution in [3.8, 4) is 0 Å². The standard InChI is InChI=1S/C12H22N2O/c1-10(2)8-11(15)14-12(9-13)6-4-3-5-7-12/h8H,3-7,9,13H2,1-2H3,(H,14,15). The van der Waals surface area contributed by atoms with Gasteiger partial charge in [0.1, 0.15) is 0 Å². The summed E-state index contributed by atoms with van der Waals surface area (Å²) in [7, 11) is 0. The fourth-order valence-corrected chi connectivity index (χ4v) is 2.17. The Morgan fingerprint density at radius 3 is 2.40 bits per heavy atom. The maximum absolute atomic E-state index is 11.6. The lowest BCUT2D eigenvalue weighted by atomic mass is 9.81. The van der Waals surface area contributed by atoms with Gasteiger partial charge in [0.2, 0.25) is 5.91 Å². The second-order valence-corrected chi connectivity index (χ2v) is 4.76. The lowest BCUT2D eigenvalue weighted by molar-refractivity contribution is -0.118. The van der Waals surface area contributed by atoms with Crippen LogP contribution in [0.4, 0.5) is 0 Å². The highest BCUT2D eigenvalue weighted by molar-refractivity contribution is 5.88. The van der Waals surface area contributed by atoms with Crippen molar-refractivity contribution in [2.75, 3.05) is 6.54 Å². The summed E-state index contributed by atoms with van der Waals surface area (Å²) in [6, 6.07) is 0. The Kier molecular flexibility index (Phi) is 4.33. The second kappa shape index (κ2) is 5.31. The van der Waals surface area contributed by atoms with Gasteiger partial charge in [0.25, 0.3) is 0 Å². The molecule has 0 aromatic heterocycles. The molecular formula is C12H22N2O. The van der Waals surface area contributed by atoms with Gasteiger partial charge in [-0.05, 0) is 26.7 Å². The molecule has 0 spiro atoms. The first-order valence-corrected chi connectivity index (χ1v) is 5.75. The average molecular weight is 210 g/mol. The van der Waals surface area contributed by atoms with Gasteiger partial charge in [0.05, 0.1) is 5.54 Å². The normalized spacial score (nSPS) is 19.4. The maximum Gasteiger partial charge on any atom is 0.244 e. The van der Waals surface area contributed by atoms with Crippen LogP contribution in [0.3, 0.4) is 0 Å². The van der Waals surface area contributed by atoms with E-state index >= 15 is 0 Å². The van der Waals surface area contributed by atoms with E-state index in [4.69, 9.17) is 5.73 Å². The van der Waals surface area contributed by atoms with Crippen molar-refractivity contribution in [2.24, 2.45) is 5.73 Å². The molecular weight excluding hydrogens is 188 g/mol. The molecule has 0 aromatic rings. The maximum atomic E-state index is 11.6. The summed E-state index contributed by atoms with van der Waals surface area (Å²) in [5.41, 5.74) is 6.67. The molecule has 3 nitrogen and oxygen atoms in total. The van der Waals surface area contributed by atoms with Crippen molar-refractivity contribution in [3.63, 3.8) is 0 Å². The zero-order valence-electron chi connectivity index (χ0n) is 9.81. The van der Waals surface area contributed by atoms with E-state index in [1.165, 1.54) is 19.3 Å². The summed E-state index contributed by atoms with van der Waals surface area (Å²) in [5, 5.41) is 3.07. The third kappa shape index (κ3) is 3.67. The van der Waals surface area contributed by atoms with Crippen LogP contribution in [0.25, 0.3) is 0 Å². The van der Waals surface area contributed by atoms with Crippen LogP contribution in [0.15, 0.2) is 11.6 Å². The van der Waals surface area contributed by atoms with Gasteiger partial charge in [-0.1, -0.05) is 24.8 Å². The highest BCUT2D eigenvalue weighted by Crippen LogP contribution is 2.27. The number of allylic oxidation sites excluding steroid dienone is 1. The van der Waals surface area contributed by atoms with E-state index in [1.807, 2.05) is 13.8 Å². The highest BCUT2D eigenvalue weighted by Gasteiger charge is 2.31. The zero-order valence-corrected chi connectivity index (χ0v) is 9.81. The minimum Gasteiger partial charge on any atom is -0.346 e. The minimum absolute atomic E-state index is 0.00218. The molecule has 0 atom stereocenters. The van der Waals surface area contributed by atoms with Crippen LogP contribution in [-0.4, -0.2) is 18.0 Å². The number of carbonyl (C=O) groups is 1. The molecule has 1 aliphatic rings. The predicted octanol–water partition coefficient (Wildman–Crippen LogP) is 1.73. The van der Waals surface area contributed by atoms with Crippen LogP contribution < -0.4 is 11.1 Å². The van der Waals surface area contributed by atoms with Gasteiger partial charge in [0, 0.05) is 12.6 Å². The third-order valence-electron chi connectivity index (χ3n) is 3.01. The zero-order chi connectivity index (χ0) is 11.3. The summed E-state index contributed by atoms with van der Waals surface area (Å²) >= 11 is 0. The molecule has 1 aliphatic carbocycles. The first kappa shape index (κ1) is 12.2. The predicted molar refractivity (Wildman–Crippen MR) is 62.4 cm³/mol. The number of nitrogens with two attached hydrogens (primary N) is 1. The molecule has 0 bridgehead atoms. The molecule has 0 unspecified atom stereocenters. The molecule has 1 fully saturated rings. The van der Waals surface area contributed by atoms with E-state index in [-0.39, 0.29) is 11.4 Å². The first-order chi connectivity index (χ1) is 7.08. The van der Waals surface area contributed by atoms with Crippen molar-refractivity contribution in [1.82, 2.24) is 5.32 Å². The third-order valence-corrected chi connectivity index (χ3v) is 3.01. The van der Waals surface area contributed by atoms with Crippen LogP contribution in [0, 0.1) is 0 Å². The topological polar surface area (TPSA) is 55.1 Å². The molecule has 15 heavy (non-hydrogen) atoms. The molecule has 0 aromatic carbocycles. The van der Waals surface area contributed by atoms with E-state index in [0.717, 1.165) is 18.4 Å². The quantitative estimate of drug-likeness (QED) is 0.697. The van der Waals surface area contributed by atoms with Crippen LogP contribution in [-0.2, 0) is 4.79 Å². The molecule has 3 N–H and O–H groups in total. The molecule has 86 valence electrons. The Balaban J connectivity index is 2.59. The van der Waals surface area contributed by atoms with Gasteiger partial charge < -0.3 is 11.1 Å². The van der Waals surface area contributed by atoms with Gasteiger partial charge in [-0.3, -0.25) is 4.79 Å². The number of hydrogen-bond donors (Lipinski definition) is 2. The molecule has 0 radical (unpaired) electrons. The summed E-state index contributed by atoms with van der Waals surface area (Å²) in [6.07, 6.45) is 7.29. The van der Waals surface area contributed by atoms with Crippen molar-refractivity contribution in [1.29, 1.82) is 0 Å². The molecule has 0 heterocycles. The minimum atomic E-state index is -0.138. The van der Waals surface area contributed by atoms with Crippen LogP contribution in [0.5, 0.6) is 0 Å². The largest absolute Gasteiger partial charge is 0.346 e. The Bertz CT molecular complexity index is 248. The Labute approximate surface area is 92.1 Å². The highest BCUT2D eigenvalue weighted by atomic mass is 16.1. The lowest BCUT2D eigenvalue weighted by Gasteiger charge is -2.36. The fraction of sp³-hybridized carbons (Fsp3) is 0.750. The van der Waals surface area contributed by atoms with Gasteiger partial charge >= 0.3 is 0 Å². The second-order valence-electron chi connectivity index (χ2n) is 4.76. The van der Waals surface area contributed by atoms with E-state index in [0.29, 0.717) is 6.54 Å². The molecule has 3 heteroatoms. The number of carbonyl (C=O) groups excluding carboxylic acids is 1. The smallest absolute Gasteiger partial charge is 0.244 e. The monoisotopic (exact) mass is 210 g/mol. The lowest BCUT2D eigenvalue weighted by Crippen LogP contribution is -2.54. The Morgan fingerprint density at radius 1 is 1.33 bits per heavy atom. The number of nitrogens with one attached hydrogen (secondary N) is 1. The SMILES string of the molecule is CC(C)=CC(=O)NC1(CN)CCCCC1. The van der Waals surface area contributed by atoms with Crippen molar-refractivity contribution in [2.45, 2.75) is 51.5 Å². The molecule has 0 saturated heterocycles. The van der Waals surface area contributed by atoms with Gasteiger partial charge in [-0.15, -0.1) is 0 Å². The average Bonchev–Trinajstić information content (AvgIpc) is 2.17. The summed E-state index contributed by atoms with van der Waals surface area (Å²) in [6.45, 7) is 4.40. The molecule has 1 saturated carbocycles. The Hall–Kier alpha value is -0.830. The van der Waals surface area contributed by atoms with Crippen molar-refractivity contribution in [3.05, 3.63) is 11.6 Å². The number of amides is 1. The van der Waals surface area contributed by atoms with Gasteiger partial charge in [-0.2, -0.15) is 0 Å². The number of rotatable bonds is 3. The van der Waals surface area contributed by atoms with Crippen LogP contribution >= 0.6 is 0 Å². The van der Waals surface area contributed by atoms with E-state index in [2.05, 4.69) is 5.32 Å². The van der Waals surface area contributed by atoms with E-state index < -0.39 is 0 Å². The van der Waals surface area contributed by atoms with Gasteiger partial charge in [0.15, 0.2) is 0 Å². The summed E-state index contributed by atoms with van der Waals surface area (Å²) < 4.78 is 0. The van der Waals surface area contributed by atoms with Crippen molar-refractivity contribution >= 4 is 5.91 Å². The first-order valence-electron chi connectivity index (χ1n) is 5.75. The molecule has 1 amide bonds. The summed E-state index contributed by atoms with van der Waals surface area (Å²) in [5.74, 6) is 0.00218. The number of hydrogen-bond acceptors (Lipinski definition) is 2. The summed E-state index contributed by atoms with van der Waals surface area (Å²) in [4.78, 5) is 11.6. The van der Waals surface area contributed by atoms with Crippen LogP contribution in [0.1, 0.15) is 46.0 Å². The molecule has 1 rings (SSSR count). The molecule has 0 aliphatic heterocycles. The van der Waals surface area contributed by atoms with E-state index in [9.17, 15) is 4.79 Å². The van der Waals surface area contributed by atoms with Gasteiger partial charge in [-0.25, -0.2) is 0 Å². The van der Waals surface area contributed by atoms with Crippen molar-refractivity contribution < 1.29 is 4.79 Å². The Morgan fingerprint density at radius 2 is 1.93 bits per heavy atom. The van der Waals surface area contributed by atoms with Crippen LogP contribution in [0.2, 0.25) is 0 Å².